The number of pyridine rings is 1. The molecule has 5 rings (SSSR count). The highest BCUT2D eigenvalue weighted by Crippen LogP contribution is 2.27. The van der Waals surface area contributed by atoms with Crippen molar-refractivity contribution < 1.29 is 4.79 Å². The van der Waals surface area contributed by atoms with E-state index in [1.54, 1.807) is 6.07 Å². The first kappa shape index (κ1) is 19.2. The molecule has 2 N–H and O–H groups in total. The maximum atomic E-state index is 13.1. The number of hydrogen-bond acceptors (Lipinski definition) is 4. The number of carbonyl (C=O) groups excluding carboxylic acids is 1. The van der Waals surface area contributed by atoms with Gasteiger partial charge in [0.25, 0.3) is 5.91 Å². The highest BCUT2D eigenvalue weighted by atomic mass is 16.2. The van der Waals surface area contributed by atoms with E-state index in [1.165, 1.54) is 12.5 Å². The molecule has 1 amide bonds. The van der Waals surface area contributed by atoms with Crippen molar-refractivity contribution in [3.8, 4) is 11.4 Å². The summed E-state index contributed by atoms with van der Waals surface area (Å²) in [6, 6.07) is 14.6. The predicted octanol–water partition coefficient (Wildman–Crippen LogP) is 4.07. The molecule has 31 heavy (non-hydrogen) atoms. The molecule has 2 aromatic carbocycles. The molecule has 0 radical (unpaired) electrons. The van der Waals surface area contributed by atoms with E-state index >= 15 is 0 Å². The second-order valence-corrected chi connectivity index (χ2v) is 7.98. The van der Waals surface area contributed by atoms with E-state index in [1.807, 2.05) is 43.3 Å². The van der Waals surface area contributed by atoms with Crippen molar-refractivity contribution in [3.05, 3.63) is 75.8 Å². The van der Waals surface area contributed by atoms with Gasteiger partial charge in [0.15, 0.2) is 5.82 Å². The fourth-order valence-electron chi connectivity index (χ4n) is 4.18. The predicted molar refractivity (Wildman–Crippen MR) is 120 cm³/mol. The SMILES string of the molecule is Cc1ccc(-c2nnc3n2CCCCC3)cc1NC(=O)c1cc(=O)[nH]c2ccccc12. The number of para-hydroxylation sites is 1. The third-order valence-electron chi connectivity index (χ3n) is 5.85. The van der Waals surface area contributed by atoms with Crippen molar-refractivity contribution in [3.63, 3.8) is 0 Å². The normalized spacial score (nSPS) is 13.6. The largest absolute Gasteiger partial charge is 0.322 e. The number of nitrogens with one attached hydrogen (secondary N) is 2. The molecule has 0 aliphatic carbocycles. The van der Waals surface area contributed by atoms with E-state index < -0.39 is 0 Å². The highest BCUT2D eigenvalue weighted by Gasteiger charge is 2.18. The first-order valence-electron chi connectivity index (χ1n) is 10.6. The minimum absolute atomic E-state index is 0.305. The van der Waals surface area contributed by atoms with Crippen LogP contribution in [0.4, 0.5) is 5.69 Å². The molecule has 1 aliphatic rings. The number of aromatic nitrogens is 4. The third-order valence-corrected chi connectivity index (χ3v) is 5.85. The minimum atomic E-state index is -0.317. The number of aromatic amines is 1. The summed E-state index contributed by atoms with van der Waals surface area (Å²) in [5.74, 6) is 1.53. The number of amides is 1. The van der Waals surface area contributed by atoms with Crippen LogP contribution < -0.4 is 10.9 Å². The van der Waals surface area contributed by atoms with Crippen molar-refractivity contribution in [2.24, 2.45) is 0 Å². The van der Waals surface area contributed by atoms with E-state index in [0.717, 1.165) is 48.6 Å². The molecular formula is C24H23N5O2. The summed E-state index contributed by atoms with van der Waals surface area (Å²) in [5.41, 5.74) is 3.22. The van der Waals surface area contributed by atoms with Crippen molar-refractivity contribution in [2.75, 3.05) is 5.32 Å². The van der Waals surface area contributed by atoms with Gasteiger partial charge in [-0.15, -0.1) is 10.2 Å². The Kier molecular flexibility index (Phi) is 4.86. The maximum absolute atomic E-state index is 13.1. The van der Waals surface area contributed by atoms with Gasteiger partial charge in [0, 0.05) is 41.2 Å². The molecule has 0 fully saturated rings. The molecule has 3 heterocycles. The number of anilines is 1. The number of hydrogen-bond donors (Lipinski definition) is 2. The first-order valence-corrected chi connectivity index (χ1v) is 10.6. The fraction of sp³-hybridized carbons (Fsp3) is 0.250. The van der Waals surface area contributed by atoms with Crippen LogP contribution in [0.15, 0.2) is 53.3 Å². The summed E-state index contributed by atoms with van der Waals surface area (Å²) < 4.78 is 2.19. The topological polar surface area (TPSA) is 92.7 Å². The third kappa shape index (κ3) is 3.63. The van der Waals surface area contributed by atoms with Crippen LogP contribution in [0.3, 0.4) is 0 Å². The zero-order valence-corrected chi connectivity index (χ0v) is 17.3. The Labute approximate surface area is 179 Å². The van der Waals surface area contributed by atoms with Crippen LogP contribution in [-0.4, -0.2) is 25.7 Å². The van der Waals surface area contributed by atoms with Gasteiger partial charge < -0.3 is 14.9 Å². The second kappa shape index (κ2) is 7.83. The summed E-state index contributed by atoms with van der Waals surface area (Å²) >= 11 is 0. The molecule has 0 spiro atoms. The molecule has 156 valence electrons. The van der Waals surface area contributed by atoms with Crippen LogP contribution in [0.25, 0.3) is 22.3 Å². The van der Waals surface area contributed by atoms with Crippen molar-refractivity contribution in [1.82, 2.24) is 19.7 Å². The lowest BCUT2D eigenvalue weighted by Gasteiger charge is -2.13. The van der Waals surface area contributed by atoms with E-state index in [-0.39, 0.29) is 11.5 Å². The van der Waals surface area contributed by atoms with E-state index in [9.17, 15) is 9.59 Å². The molecule has 0 bridgehead atoms. The number of benzene rings is 2. The molecule has 2 aromatic heterocycles. The van der Waals surface area contributed by atoms with Gasteiger partial charge in [-0.2, -0.15) is 0 Å². The number of H-pyrrole nitrogens is 1. The summed E-state index contributed by atoms with van der Waals surface area (Å²) in [6.07, 6.45) is 4.39. The van der Waals surface area contributed by atoms with Gasteiger partial charge in [-0.05, 0) is 37.5 Å². The number of aryl methyl sites for hydroxylation is 2. The molecule has 0 unspecified atom stereocenters. The van der Waals surface area contributed by atoms with Crippen LogP contribution in [0.2, 0.25) is 0 Å². The van der Waals surface area contributed by atoms with Crippen LogP contribution in [-0.2, 0) is 13.0 Å². The number of carbonyl (C=O) groups is 1. The number of rotatable bonds is 3. The second-order valence-electron chi connectivity index (χ2n) is 7.98. The van der Waals surface area contributed by atoms with Gasteiger partial charge in [-0.25, -0.2) is 0 Å². The number of fused-ring (bicyclic) bond motifs is 2. The lowest BCUT2D eigenvalue weighted by molar-refractivity contribution is 0.102. The molecule has 0 saturated heterocycles. The van der Waals surface area contributed by atoms with E-state index in [4.69, 9.17) is 0 Å². The van der Waals surface area contributed by atoms with Gasteiger partial charge in [0.05, 0.1) is 5.56 Å². The smallest absolute Gasteiger partial charge is 0.256 e. The van der Waals surface area contributed by atoms with Crippen LogP contribution in [0, 0.1) is 6.92 Å². The van der Waals surface area contributed by atoms with Crippen LogP contribution in [0.5, 0.6) is 0 Å². The van der Waals surface area contributed by atoms with Gasteiger partial charge >= 0.3 is 0 Å². The highest BCUT2D eigenvalue weighted by molar-refractivity contribution is 6.12. The Morgan fingerprint density at radius 2 is 1.94 bits per heavy atom. The zero-order chi connectivity index (χ0) is 21.4. The molecule has 4 aromatic rings. The average Bonchev–Trinajstić information content (AvgIpc) is 3.02. The van der Waals surface area contributed by atoms with Crippen LogP contribution >= 0.6 is 0 Å². The molecule has 7 nitrogen and oxygen atoms in total. The molecule has 1 aliphatic heterocycles. The summed E-state index contributed by atoms with van der Waals surface area (Å²) in [7, 11) is 0. The minimum Gasteiger partial charge on any atom is -0.322 e. The van der Waals surface area contributed by atoms with E-state index in [2.05, 4.69) is 25.1 Å². The summed E-state index contributed by atoms with van der Waals surface area (Å²) in [6.45, 7) is 2.85. The van der Waals surface area contributed by atoms with Gasteiger partial charge in [-0.3, -0.25) is 9.59 Å². The van der Waals surface area contributed by atoms with Gasteiger partial charge in [-0.1, -0.05) is 36.8 Å². The molecular weight excluding hydrogens is 390 g/mol. The van der Waals surface area contributed by atoms with Gasteiger partial charge in [0.1, 0.15) is 5.82 Å². The Balaban J connectivity index is 1.51. The van der Waals surface area contributed by atoms with E-state index in [0.29, 0.717) is 22.2 Å². The molecule has 0 atom stereocenters. The molecule has 0 saturated carbocycles. The Bertz CT molecular complexity index is 1350. The van der Waals surface area contributed by atoms with Crippen molar-refractivity contribution >= 4 is 22.5 Å². The standard InChI is InChI=1S/C24H23N5O2/c1-15-10-11-16(23-28-27-21-9-3-2-6-12-29(21)23)13-20(15)26-24(31)18-14-22(30)25-19-8-5-4-7-17(18)19/h4-5,7-8,10-11,13-14H,2-3,6,9,12H2,1H3,(H,25,30)(H,26,31). The molecule has 7 heteroatoms. The van der Waals surface area contributed by atoms with Gasteiger partial charge in [0.2, 0.25) is 5.56 Å². The Hall–Kier alpha value is -3.74. The lowest BCUT2D eigenvalue weighted by Crippen LogP contribution is -2.17. The summed E-state index contributed by atoms with van der Waals surface area (Å²) in [4.78, 5) is 27.9. The monoisotopic (exact) mass is 413 g/mol. The Morgan fingerprint density at radius 1 is 1.06 bits per heavy atom. The van der Waals surface area contributed by atoms with Crippen molar-refractivity contribution in [2.45, 2.75) is 39.2 Å². The lowest BCUT2D eigenvalue weighted by atomic mass is 10.1. The van der Waals surface area contributed by atoms with Crippen LogP contribution in [0.1, 0.15) is 41.0 Å². The van der Waals surface area contributed by atoms with Crippen molar-refractivity contribution in [1.29, 1.82) is 0 Å². The quantitative estimate of drug-likeness (QED) is 0.529. The maximum Gasteiger partial charge on any atom is 0.256 e. The average molecular weight is 413 g/mol. The first-order chi connectivity index (χ1) is 15.1. The summed E-state index contributed by atoms with van der Waals surface area (Å²) in [5, 5.41) is 12.5. The fourth-order valence-corrected chi connectivity index (χ4v) is 4.18. The Morgan fingerprint density at radius 3 is 2.84 bits per heavy atom. The zero-order valence-electron chi connectivity index (χ0n) is 17.3. The number of nitrogens with zero attached hydrogens (tertiary/aromatic N) is 3.